The minimum absolute atomic E-state index is 0.135. The van der Waals surface area contributed by atoms with Crippen LogP contribution in [0.1, 0.15) is 62.6 Å². The van der Waals surface area contributed by atoms with Gasteiger partial charge in [-0.3, -0.25) is 0 Å². The SMILES string of the molecule is Cc1cc(C(C)C)c(NC(=O)NS(=O)(=O)c2cnn3c2OCCC3)c(C(C)C)c1. The standard InChI is InChI=1S/C20H28N4O4S/c1-12(2)15-9-14(5)10-16(13(3)4)18(15)22-20(25)23-29(26,27)17-11-21-24-7-6-8-28-19(17)24/h9-13H,6-8H2,1-5H3,(H2,22,23,25). The minimum Gasteiger partial charge on any atom is -0.477 e. The first-order chi connectivity index (χ1) is 13.6. The predicted molar refractivity (Wildman–Crippen MR) is 111 cm³/mol. The fourth-order valence-corrected chi connectivity index (χ4v) is 4.43. The molecule has 158 valence electrons. The molecule has 0 bridgehead atoms. The average molecular weight is 421 g/mol. The molecule has 0 atom stereocenters. The first-order valence-electron chi connectivity index (χ1n) is 9.77. The van der Waals surface area contributed by atoms with E-state index in [2.05, 4.69) is 15.1 Å². The number of fused-ring (bicyclic) bond motifs is 1. The summed E-state index contributed by atoms with van der Waals surface area (Å²) in [7, 11) is -4.12. The molecule has 1 aliphatic heterocycles. The van der Waals surface area contributed by atoms with Gasteiger partial charge >= 0.3 is 6.03 Å². The lowest BCUT2D eigenvalue weighted by molar-refractivity contribution is 0.224. The molecule has 0 radical (unpaired) electrons. The number of benzene rings is 1. The molecule has 0 fully saturated rings. The second-order valence-corrected chi connectivity index (χ2v) is 9.58. The normalized spacial score (nSPS) is 13.9. The van der Waals surface area contributed by atoms with Crippen LogP contribution in [0.3, 0.4) is 0 Å². The number of rotatable bonds is 5. The van der Waals surface area contributed by atoms with Gasteiger partial charge < -0.3 is 10.1 Å². The highest BCUT2D eigenvalue weighted by molar-refractivity contribution is 7.90. The number of nitrogens with one attached hydrogen (secondary N) is 2. The largest absolute Gasteiger partial charge is 0.477 e. The molecule has 0 unspecified atom stereocenters. The second kappa shape index (κ2) is 8.06. The van der Waals surface area contributed by atoms with Gasteiger partial charge in [0.2, 0.25) is 5.88 Å². The summed E-state index contributed by atoms with van der Waals surface area (Å²) >= 11 is 0. The Kier molecular flexibility index (Phi) is 5.88. The number of urea groups is 1. The third-order valence-corrected chi connectivity index (χ3v) is 6.17. The number of hydrogen-bond acceptors (Lipinski definition) is 5. The van der Waals surface area contributed by atoms with Crippen molar-refractivity contribution in [1.29, 1.82) is 0 Å². The van der Waals surface area contributed by atoms with Crippen molar-refractivity contribution in [3.05, 3.63) is 35.0 Å². The Balaban J connectivity index is 1.88. The molecule has 2 heterocycles. The number of aromatic nitrogens is 2. The lowest BCUT2D eigenvalue weighted by Gasteiger charge is -2.21. The van der Waals surface area contributed by atoms with Crippen LogP contribution in [0.15, 0.2) is 23.2 Å². The monoisotopic (exact) mass is 420 g/mol. The van der Waals surface area contributed by atoms with E-state index < -0.39 is 16.1 Å². The number of anilines is 1. The Hall–Kier alpha value is -2.55. The van der Waals surface area contributed by atoms with Crippen molar-refractivity contribution in [1.82, 2.24) is 14.5 Å². The fraction of sp³-hybridized carbons (Fsp3) is 0.500. The number of ether oxygens (including phenoxy) is 1. The lowest BCUT2D eigenvalue weighted by Crippen LogP contribution is -2.35. The van der Waals surface area contributed by atoms with Crippen LogP contribution in [-0.2, 0) is 16.6 Å². The Bertz CT molecular complexity index is 996. The number of hydrogen-bond donors (Lipinski definition) is 2. The number of aryl methyl sites for hydroxylation is 2. The van der Waals surface area contributed by atoms with Crippen molar-refractivity contribution >= 4 is 21.7 Å². The number of nitrogens with zero attached hydrogens (tertiary/aromatic N) is 2. The Morgan fingerprint density at radius 2 is 1.79 bits per heavy atom. The number of amides is 2. The van der Waals surface area contributed by atoms with Crippen LogP contribution in [-0.4, -0.2) is 30.8 Å². The van der Waals surface area contributed by atoms with Crippen molar-refractivity contribution in [3.63, 3.8) is 0 Å². The van der Waals surface area contributed by atoms with Gasteiger partial charge in [-0.05, 0) is 29.9 Å². The van der Waals surface area contributed by atoms with Gasteiger partial charge in [0.05, 0.1) is 12.8 Å². The van der Waals surface area contributed by atoms with Crippen molar-refractivity contribution in [3.8, 4) is 5.88 Å². The molecule has 1 aliphatic rings. The third kappa shape index (κ3) is 4.39. The van der Waals surface area contributed by atoms with Crippen LogP contribution >= 0.6 is 0 Å². The van der Waals surface area contributed by atoms with Gasteiger partial charge in [-0.2, -0.15) is 5.10 Å². The highest BCUT2D eigenvalue weighted by Gasteiger charge is 2.29. The van der Waals surface area contributed by atoms with Crippen LogP contribution in [0.4, 0.5) is 10.5 Å². The Morgan fingerprint density at radius 3 is 2.38 bits per heavy atom. The molecule has 29 heavy (non-hydrogen) atoms. The van der Waals surface area contributed by atoms with E-state index in [9.17, 15) is 13.2 Å². The summed E-state index contributed by atoms with van der Waals surface area (Å²) in [5, 5.41) is 6.81. The van der Waals surface area contributed by atoms with Gasteiger partial charge in [0.15, 0.2) is 4.90 Å². The first kappa shape index (κ1) is 21.2. The summed E-state index contributed by atoms with van der Waals surface area (Å²) in [6, 6.07) is 3.22. The highest BCUT2D eigenvalue weighted by Crippen LogP contribution is 2.34. The van der Waals surface area contributed by atoms with Crippen molar-refractivity contribution < 1.29 is 17.9 Å². The zero-order valence-electron chi connectivity index (χ0n) is 17.4. The summed E-state index contributed by atoms with van der Waals surface area (Å²) < 4.78 is 34.5. The van der Waals surface area contributed by atoms with E-state index in [0.29, 0.717) is 18.8 Å². The summed E-state index contributed by atoms with van der Waals surface area (Å²) in [6.07, 6.45) is 1.96. The van der Waals surface area contributed by atoms with Gasteiger partial charge in [0.1, 0.15) is 0 Å². The van der Waals surface area contributed by atoms with E-state index in [0.717, 1.165) is 23.1 Å². The molecule has 3 rings (SSSR count). The van der Waals surface area contributed by atoms with E-state index >= 15 is 0 Å². The smallest absolute Gasteiger partial charge is 0.333 e. The van der Waals surface area contributed by atoms with E-state index in [-0.39, 0.29) is 22.6 Å². The summed E-state index contributed by atoms with van der Waals surface area (Å²) in [5.41, 5.74) is 3.68. The zero-order valence-corrected chi connectivity index (χ0v) is 18.3. The van der Waals surface area contributed by atoms with Crippen molar-refractivity contribution in [2.24, 2.45) is 0 Å². The summed E-state index contributed by atoms with van der Waals surface area (Å²) in [4.78, 5) is 12.5. The zero-order chi connectivity index (χ0) is 21.3. The van der Waals surface area contributed by atoms with Crippen LogP contribution in [0, 0.1) is 6.92 Å². The number of carbonyl (C=O) groups excluding carboxylic acids is 1. The lowest BCUT2D eigenvalue weighted by atomic mass is 9.90. The third-order valence-electron chi connectivity index (χ3n) is 4.86. The van der Waals surface area contributed by atoms with Crippen molar-refractivity contribution in [2.75, 3.05) is 11.9 Å². The maximum Gasteiger partial charge on any atom is 0.333 e. The summed E-state index contributed by atoms with van der Waals surface area (Å²) in [6.45, 7) is 11.2. The molecule has 0 aliphatic carbocycles. The molecule has 0 saturated carbocycles. The van der Waals surface area contributed by atoms with E-state index in [1.54, 1.807) is 0 Å². The molecule has 9 heteroatoms. The van der Waals surface area contributed by atoms with E-state index in [4.69, 9.17) is 4.74 Å². The number of sulfonamides is 1. The van der Waals surface area contributed by atoms with Gasteiger partial charge in [0.25, 0.3) is 10.0 Å². The topological polar surface area (TPSA) is 102 Å². The Morgan fingerprint density at radius 1 is 1.17 bits per heavy atom. The van der Waals surface area contributed by atoms with Crippen LogP contribution in [0.5, 0.6) is 5.88 Å². The quantitative estimate of drug-likeness (QED) is 0.767. The fourth-order valence-electron chi connectivity index (χ4n) is 3.44. The molecule has 0 spiro atoms. The molecule has 8 nitrogen and oxygen atoms in total. The van der Waals surface area contributed by atoms with E-state index in [1.807, 2.05) is 46.8 Å². The molecule has 0 saturated heterocycles. The molecule has 1 aromatic heterocycles. The van der Waals surface area contributed by atoms with E-state index in [1.165, 1.54) is 10.9 Å². The van der Waals surface area contributed by atoms with Crippen molar-refractivity contribution in [2.45, 2.75) is 64.3 Å². The average Bonchev–Trinajstić information content (AvgIpc) is 3.07. The van der Waals surface area contributed by atoms with Crippen LogP contribution < -0.4 is 14.8 Å². The van der Waals surface area contributed by atoms with Crippen LogP contribution in [0.2, 0.25) is 0 Å². The molecule has 2 N–H and O–H groups in total. The van der Waals surface area contributed by atoms with Crippen LogP contribution in [0.25, 0.3) is 0 Å². The van der Waals surface area contributed by atoms with Gasteiger partial charge in [-0.15, -0.1) is 0 Å². The summed E-state index contributed by atoms with van der Waals surface area (Å²) in [5.74, 6) is 0.489. The van der Waals surface area contributed by atoms with Gasteiger partial charge in [0, 0.05) is 18.7 Å². The van der Waals surface area contributed by atoms with Gasteiger partial charge in [-0.25, -0.2) is 22.6 Å². The molecular weight excluding hydrogens is 392 g/mol. The minimum atomic E-state index is -4.12. The van der Waals surface area contributed by atoms with Gasteiger partial charge in [-0.1, -0.05) is 45.4 Å². The molecule has 2 aromatic rings. The molecule has 1 aromatic carbocycles. The maximum absolute atomic E-state index is 12.8. The molecule has 2 amide bonds. The maximum atomic E-state index is 12.8. The molecular formula is C20H28N4O4S. The highest BCUT2D eigenvalue weighted by atomic mass is 32.2. The predicted octanol–water partition coefficient (Wildman–Crippen LogP) is 3.73. The first-order valence-corrected chi connectivity index (χ1v) is 11.2. The Labute approximate surface area is 171 Å². The number of carbonyl (C=O) groups is 1. The second-order valence-electron chi connectivity index (χ2n) is 7.93.